The summed E-state index contributed by atoms with van der Waals surface area (Å²) >= 11 is 0. The standard InChI is InChI=1S/C14H13NO2/c16-14-6-2-5-13(15-14)10-3-1-4-12(9-10)17-11-7-8-11/h1-6,9,11H,7-8H2,(H,15,16). The number of pyridine rings is 1. The van der Waals surface area contributed by atoms with E-state index in [0.29, 0.717) is 6.10 Å². The van der Waals surface area contributed by atoms with Gasteiger partial charge in [0, 0.05) is 17.3 Å². The number of hydrogen-bond acceptors (Lipinski definition) is 2. The first-order valence-corrected chi connectivity index (χ1v) is 5.78. The molecular weight excluding hydrogens is 214 g/mol. The largest absolute Gasteiger partial charge is 0.490 e. The lowest BCUT2D eigenvalue weighted by Gasteiger charge is -2.06. The molecule has 1 N–H and O–H groups in total. The minimum absolute atomic E-state index is 0.0870. The number of benzene rings is 1. The number of ether oxygens (including phenoxy) is 1. The monoisotopic (exact) mass is 227 g/mol. The average molecular weight is 227 g/mol. The van der Waals surface area contributed by atoms with Crippen LogP contribution in [0.4, 0.5) is 0 Å². The van der Waals surface area contributed by atoms with Crippen LogP contribution in [0.2, 0.25) is 0 Å². The van der Waals surface area contributed by atoms with Crippen LogP contribution in [0.25, 0.3) is 11.3 Å². The van der Waals surface area contributed by atoms with Gasteiger partial charge in [-0.2, -0.15) is 0 Å². The highest BCUT2D eigenvalue weighted by molar-refractivity contribution is 5.60. The number of hydrogen-bond donors (Lipinski definition) is 1. The molecule has 0 bridgehead atoms. The Morgan fingerprint density at radius 2 is 1.94 bits per heavy atom. The summed E-state index contributed by atoms with van der Waals surface area (Å²) in [7, 11) is 0. The van der Waals surface area contributed by atoms with Gasteiger partial charge in [0.15, 0.2) is 0 Å². The lowest BCUT2D eigenvalue weighted by atomic mass is 10.1. The van der Waals surface area contributed by atoms with Crippen LogP contribution >= 0.6 is 0 Å². The van der Waals surface area contributed by atoms with Crippen molar-refractivity contribution in [1.29, 1.82) is 0 Å². The average Bonchev–Trinajstić information content (AvgIpc) is 3.13. The third-order valence-corrected chi connectivity index (χ3v) is 2.74. The first-order valence-electron chi connectivity index (χ1n) is 5.78. The van der Waals surface area contributed by atoms with Gasteiger partial charge in [-0.25, -0.2) is 0 Å². The molecule has 0 aliphatic heterocycles. The van der Waals surface area contributed by atoms with Crippen molar-refractivity contribution in [2.75, 3.05) is 0 Å². The second-order valence-electron chi connectivity index (χ2n) is 4.27. The molecule has 3 nitrogen and oxygen atoms in total. The molecule has 1 fully saturated rings. The van der Waals surface area contributed by atoms with E-state index in [1.165, 1.54) is 6.07 Å². The number of rotatable bonds is 3. The van der Waals surface area contributed by atoms with E-state index in [-0.39, 0.29) is 5.56 Å². The van der Waals surface area contributed by atoms with Crippen molar-refractivity contribution < 1.29 is 4.74 Å². The van der Waals surface area contributed by atoms with Gasteiger partial charge < -0.3 is 9.72 Å². The summed E-state index contributed by atoms with van der Waals surface area (Å²) < 4.78 is 5.73. The maximum absolute atomic E-state index is 11.2. The maximum atomic E-state index is 11.2. The molecule has 86 valence electrons. The van der Waals surface area contributed by atoms with E-state index in [9.17, 15) is 4.79 Å². The Labute approximate surface area is 99.1 Å². The molecule has 0 radical (unpaired) electrons. The SMILES string of the molecule is O=c1cccc(-c2cccc(OC3CC3)c2)[nH]1. The van der Waals surface area contributed by atoms with Gasteiger partial charge in [-0.15, -0.1) is 0 Å². The van der Waals surface area contributed by atoms with Crippen LogP contribution in [0.15, 0.2) is 47.3 Å². The fourth-order valence-electron chi connectivity index (χ4n) is 1.73. The Balaban J connectivity index is 1.93. The van der Waals surface area contributed by atoms with Crippen molar-refractivity contribution in [2.45, 2.75) is 18.9 Å². The lowest BCUT2D eigenvalue weighted by Crippen LogP contribution is -2.03. The molecule has 0 spiro atoms. The van der Waals surface area contributed by atoms with Crippen LogP contribution in [0.1, 0.15) is 12.8 Å². The predicted molar refractivity (Wildman–Crippen MR) is 66.1 cm³/mol. The molecule has 1 heterocycles. The summed E-state index contributed by atoms with van der Waals surface area (Å²) in [4.78, 5) is 14.1. The highest BCUT2D eigenvalue weighted by atomic mass is 16.5. The van der Waals surface area contributed by atoms with Crippen molar-refractivity contribution in [3.05, 3.63) is 52.8 Å². The third kappa shape index (κ3) is 2.38. The normalized spacial score (nSPS) is 14.6. The van der Waals surface area contributed by atoms with Gasteiger partial charge in [0.2, 0.25) is 5.56 Å². The first kappa shape index (κ1) is 10.1. The summed E-state index contributed by atoms with van der Waals surface area (Å²) in [5, 5.41) is 0. The Morgan fingerprint density at radius 1 is 1.12 bits per heavy atom. The smallest absolute Gasteiger partial charge is 0.248 e. The van der Waals surface area contributed by atoms with E-state index >= 15 is 0 Å². The molecular formula is C14H13NO2. The Morgan fingerprint density at radius 3 is 2.71 bits per heavy atom. The molecule has 1 aliphatic rings. The summed E-state index contributed by atoms with van der Waals surface area (Å²) in [6.07, 6.45) is 2.68. The van der Waals surface area contributed by atoms with Gasteiger partial charge in [0.25, 0.3) is 0 Å². The van der Waals surface area contributed by atoms with Crippen LogP contribution in [0.3, 0.4) is 0 Å². The highest BCUT2D eigenvalue weighted by Gasteiger charge is 2.23. The van der Waals surface area contributed by atoms with Gasteiger partial charge in [0.05, 0.1) is 6.10 Å². The zero-order valence-electron chi connectivity index (χ0n) is 9.35. The quantitative estimate of drug-likeness (QED) is 0.875. The molecule has 1 saturated carbocycles. The number of H-pyrrole nitrogens is 1. The summed E-state index contributed by atoms with van der Waals surface area (Å²) in [5.41, 5.74) is 1.70. The van der Waals surface area contributed by atoms with E-state index in [1.807, 2.05) is 30.3 Å². The highest BCUT2D eigenvalue weighted by Crippen LogP contribution is 2.28. The third-order valence-electron chi connectivity index (χ3n) is 2.74. The molecule has 3 heteroatoms. The predicted octanol–water partition coefficient (Wildman–Crippen LogP) is 2.58. The number of aromatic amines is 1. The van der Waals surface area contributed by atoms with Gasteiger partial charge in [-0.05, 0) is 31.0 Å². The fraction of sp³-hybridized carbons (Fsp3) is 0.214. The van der Waals surface area contributed by atoms with Crippen molar-refractivity contribution in [3.8, 4) is 17.0 Å². The van der Waals surface area contributed by atoms with E-state index < -0.39 is 0 Å². The van der Waals surface area contributed by atoms with Gasteiger partial charge in [-0.1, -0.05) is 18.2 Å². The Bertz CT molecular complexity index is 585. The molecule has 1 aromatic heterocycles. The van der Waals surface area contributed by atoms with Crippen molar-refractivity contribution in [1.82, 2.24) is 4.98 Å². The maximum Gasteiger partial charge on any atom is 0.248 e. The van der Waals surface area contributed by atoms with Crippen LogP contribution in [0, 0.1) is 0 Å². The minimum Gasteiger partial charge on any atom is -0.490 e. The summed E-state index contributed by atoms with van der Waals surface area (Å²) in [6, 6.07) is 13.0. The molecule has 3 rings (SSSR count). The molecule has 0 unspecified atom stereocenters. The summed E-state index contributed by atoms with van der Waals surface area (Å²) in [6.45, 7) is 0. The second kappa shape index (κ2) is 4.09. The van der Waals surface area contributed by atoms with E-state index in [1.54, 1.807) is 6.07 Å². The first-order chi connectivity index (χ1) is 8.31. The van der Waals surface area contributed by atoms with Gasteiger partial charge >= 0.3 is 0 Å². The molecule has 0 saturated heterocycles. The molecule has 1 aliphatic carbocycles. The van der Waals surface area contributed by atoms with Gasteiger partial charge in [0.1, 0.15) is 5.75 Å². The zero-order chi connectivity index (χ0) is 11.7. The number of nitrogens with one attached hydrogen (secondary N) is 1. The van der Waals surface area contributed by atoms with Crippen molar-refractivity contribution >= 4 is 0 Å². The second-order valence-corrected chi connectivity index (χ2v) is 4.27. The van der Waals surface area contributed by atoms with Crippen molar-refractivity contribution in [2.24, 2.45) is 0 Å². The van der Waals surface area contributed by atoms with E-state index in [0.717, 1.165) is 29.8 Å². The fourth-order valence-corrected chi connectivity index (χ4v) is 1.73. The van der Waals surface area contributed by atoms with Gasteiger partial charge in [-0.3, -0.25) is 4.79 Å². The van der Waals surface area contributed by atoms with E-state index in [4.69, 9.17) is 4.74 Å². The molecule has 17 heavy (non-hydrogen) atoms. The molecule has 0 atom stereocenters. The van der Waals surface area contributed by atoms with E-state index in [2.05, 4.69) is 4.98 Å². The minimum atomic E-state index is -0.0870. The van der Waals surface area contributed by atoms with Crippen LogP contribution in [-0.4, -0.2) is 11.1 Å². The Kier molecular flexibility index (Phi) is 2.44. The molecule has 1 aromatic carbocycles. The topological polar surface area (TPSA) is 42.1 Å². The number of aromatic nitrogens is 1. The Hall–Kier alpha value is -2.03. The van der Waals surface area contributed by atoms with Crippen LogP contribution in [-0.2, 0) is 0 Å². The molecule has 0 amide bonds. The summed E-state index contributed by atoms with van der Waals surface area (Å²) in [5.74, 6) is 0.870. The van der Waals surface area contributed by atoms with Crippen molar-refractivity contribution in [3.63, 3.8) is 0 Å². The lowest BCUT2D eigenvalue weighted by molar-refractivity contribution is 0.303. The van der Waals surface area contributed by atoms with Crippen LogP contribution < -0.4 is 10.3 Å². The zero-order valence-corrected chi connectivity index (χ0v) is 9.35. The van der Waals surface area contributed by atoms with Crippen LogP contribution in [0.5, 0.6) is 5.75 Å². The molecule has 2 aromatic rings.